The maximum atomic E-state index is 12.2. The summed E-state index contributed by atoms with van der Waals surface area (Å²) >= 11 is 0. The molecule has 0 bridgehead atoms. The van der Waals surface area contributed by atoms with E-state index in [-0.39, 0.29) is 18.6 Å². The number of carbonyl (C=O) groups is 1. The smallest absolute Gasteiger partial charge is 0.272 e. The molecule has 17 heavy (non-hydrogen) atoms. The summed E-state index contributed by atoms with van der Waals surface area (Å²) in [4.78, 5) is 17.9. The predicted octanol–water partition coefficient (Wildman–Crippen LogP) is 0.897. The fourth-order valence-electron chi connectivity index (χ4n) is 1.55. The van der Waals surface area contributed by atoms with E-state index in [0.717, 1.165) is 0 Å². The lowest BCUT2D eigenvalue weighted by atomic mass is 10.2. The summed E-state index contributed by atoms with van der Waals surface area (Å²) < 4.78 is 0. The van der Waals surface area contributed by atoms with E-state index in [4.69, 9.17) is 10.8 Å². The van der Waals surface area contributed by atoms with Gasteiger partial charge >= 0.3 is 0 Å². The molecule has 94 valence electrons. The lowest BCUT2D eigenvalue weighted by molar-refractivity contribution is 0.0687. The summed E-state index contributed by atoms with van der Waals surface area (Å²) in [6.45, 7) is 4.45. The molecule has 1 aromatic heterocycles. The predicted molar refractivity (Wildman–Crippen MR) is 66.5 cm³/mol. The molecule has 0 saturated heterocycles. The highest BCUT2D eigenvalue weighted by atomic mass is 16.3. The Balaban J connectivity index is 2.84. The van der Waals surface area contributed by atoms with Crippen LogP contribution in [0.4, 0.5) is 5.69 Å². The molecule has 1 aromatic rings. The van der Waals surface area contributed by atoms with E-state index in [0.29, 0.717) is 24.3 Å². The summed E-state index contributed by atoms with van der Waals surface area (Å²) in [5.41, 5.74) is 6.49. The molecule has 0 spiro atoms. The van der Waals surface area contributed by atoms with Crippen molar-refractivity contribution in [1.82, 2.24) is 9.88 Å². The van der Waals surface area contributed by atoms with Gasteiger partial charge in [0.15, 0.2) is 0 Å². The molecule has 0 aliphatic carbocycles. The topological polar surface area (TPSA) is 79.5 Å². The summed E-state index contributed by atoms with van der Waals surface area (Å²) in [5.74, 6) is -0.152. The normalized spacial score (nSPS) is 10.6. The number of pyridine rings is 1. The zero-order valence-corrected chi connectivity index (χ0v) is 10.3. The molecular weight excluding hydrogens is 218 g/mol. The number of carbonyl (C=O) groups excluding carboxylic acids is 1. The molecule has 5 heteroatoms. The van der Waals surface area contributed by atoms with E-state index in [1.165, 1.54) is 6.20 Å². The van der Waals surface area contributed by atoms with Crippen molar-refractivity contribution in [3.8, 4) is 0 Å². The Morgan fingerprint density at radius 1 is 1.59 bits per heavy atom. The average Bonchev–Trinajstić information content (AvgIpc) is 2.29. The van der Waals surface area contributed by atoms with Crippen LogP contribution in [0.15, 0.2) is 18.3 Å². The summed E-state index contributed by atoms with van der Waals surface area (Å²) in [7, 11) is 0. The van der Waals surface area contributed by atoms with Gasteiger partial charge in [-0.15, -0.1) is 0 Å². The van der Waals surface area contributed by atoms with Crippen LogP contribution < -0.4 is 5.73 Å². The van der Waals surface area contributed by atoms with Crippen molar-refractivity contribution >= 4 is 11.6 Å². The third-order valence-corrected chi connectivity index (χ3v) is 2.44. The van der Waals surface area contributed by atoms with E-state index in [1.54, 1.807) is 17.0 Å². The molecule has 1 heterocycles. The van der Waals surface area contributed by atoms with Crippen molar-refractivity contribution in [2.75, 3.05) is 18.9 Å². The first-order chi connectivity index (χ1) is 8.06. The maximum Gasteiger partial charge on any atom is 0.272 e. The van der Waals surface area contributed by atoms with Crippen molar-refractivity contribution in [3.05, 3.63) is 24.0 Å². The van der Waals surface area contributed by atoms with Gasteiger partial charge in [-0.25, -0.2) is 0 Å². The summed E-state index contributed by atoms with van der Waals surface area (Å²) in [6, 6.07) is 3.28. The van der Waals surface area contributed by atoms with Gasteiger partial charge in [0.25, 0.3) is 5.91 Å². The van der Waals surface area contributed by atoms with Crippen LogP contribution in [0.25, 0.3) is 0 Å². The molecule has 0 saturated carbocycles. The Bertz CT molecular complexity index is 380. The number of nitrogens with two attached hydrogens (primary N) is 1. The van der Waals surface area contributed by atoms with Crippen LogP contribution in [0.1, 0.15) is 30.8 Å². The van der Waals surface area contributed by atoms with Crippen LogP contribution in [0.3, 0.4) is 0 Å². The third kappa shape index (κ3) is 3.71. The van der Waals surface area contributed by atoms with Crippen molar-refractivity contribution in [1.29, 1.82) is 0 Å². The largest absolute Gasteiger partial charge is 0.399 e. The minimum atomic E-state index is -0.152. The SMILES string of the molecule is CC(C)N(CCCO)C(=O)c1cc(N)ccn1. The molecule has 0 radical (unpaired) electrons. The minimum absolute atomic E-state index is 0.0669. The van der Waals surface area contributed by atoms with Gasteiger partial charge in [-0.05, 0) is 32.4 Å². The number of nitrogens with zero attached hydrogens (tertiary/aromatic N) is 2. The highest BCUT2D eigenvalue weighted by Gasteiger charge is 2.19. The van der Waals surface area contributed by atoms with Gasteiger partial charge in [0.05, 0.1) is 0 Å². The van der Waals surface area contributed by atoms with Gasteiger partial charge in [-0.2, -0.15) is 0 Å². The average molecular weight is 237 g/mol. The zero-order chi connectivity index (χ0) is 12.8. The second-order valence-electron chi connectivity index (χ2n) is 4.14. The molecule has 1 amide bonds. The van der Waals surface area contributed by atoms with E-state index < -0.39 is 0 Å². The molecule has 0 unspecified atom stereocenters. The molecule has 0 fully saturated rings. The summed E-state index contributed by atoms with van der Waals surface area (Å²) in [6.07, 6.45) is 2.08. The molecule has 0 atom stereocenters. The number of aromatic nitrogens is 1. The minimum Gasteiger partial charge on any atom is -0.399 e. The fraction of sp³-hybridized carbons (Fsp3) is 0.500. The zero-order valence-electron chi connectivity index (χ0n) is 10.3. The number of rotatable bonds is 5. The van der Waals surface area contributed by atoms with Gasteiger partial charge in [-0.1, -0.05) is 0 Å². The number of hydrogen-bond acceptors (Lipinski definition) is 4. The Labute approximate surface area is 101 Å². The quantitative estimate of drug-likeness (QED) is 0.797. The van der Waals surface area contributed by atoms with Gasteiger partial charge < -0.3 is 15.7 Å². The van der Waals surface area contributed by atoms with E-state index >= 15 is 0 Å². The molecule has 0 aliphatic heterocycles. The van der Waals surface area contributed by atoms with Gasteiger partial charge in [-0.3, -0.25) is 9.78 Å². The number of aliphatic hydroxyl groups excluding tert-OH is 1. The van der Waals surface area contributed by atoms with Crippen LogP contribution in [0.5, 0.6) is 0 Å². The van der Waals surface area contributed by atoms with Crippen molar-refractivity contribution in [3.63, 3.8) is 0 Å². The first-order valence-corrected chi connectivity index (χ1v) is 5.69. The number of hydrogen-bond donors (Lipinski definition) is 2. The Morgan fingerprint density at radius 2 is 2.29 bits per heavy atom. The van der Waals surface area contributed by atoms with Crippen LogP contribution in [-0.4, -0.2) is 40.1 Å². The number of nitrogen functional groups attached to an aromatic ring is 1. The van der Waals surface area contributed by atoms with Crippen LogP contribution in [0, 0.1) is 0 Å². The molecule has 5 nitrogen and oxygen atoms in total. The molecular formula is C12H19N3O2. The Morgan fingerprint density at radius 3 is 2.82 bits per heavy atom. The molecule has 3 N–H and O–H groups in total. The lowest BCUT2D eigenvalue weighted by Crippen LogP contribution is -2.38. The third-order valence-electron chi connectivity index (χ3n) is 2.44. The van der Waals surface area contributed by atoms with Crippen molar-refractivity contribution in [2.45, 2.75) is 26.3 Å². The van der Waals surface area contributed by atoms with E-state index in [1.807, 2.05) is 13.8 Å². The van der Waals surface area contributed by atoms with Gasteiger partial charge in [0.2, 0.25) is 0 Å². The summed E-state index contributed by atoms with van der Waals surface area (Å²) in [5, 5.41) is 8.82. The number of aliphatic hydroxyl groups is 1. The van der Waals surface area contributed by atoms with Gasteiger partial charge in [0.1, 0.15) is 5.69 Å². The second-order valence-corrected chi connectivity index (χ2v) is 4.14. The second kappa shape index (κ2) is 6.20. The van der Waals surface area contributed by atoms with Crippen LogP contribution >= 0.6 is 0 Å². The first kappa shape index (κ1) is 13.4. The standard InChI is InChI=1S/C12H19N3O2/c1-9(2)15(6-3-7-16)12(17)11-8-10(13)4-5-14-11/h4-5,8-9,16H,3,6-7H2,1-2H3,(H2,13,14). The van der Waals surface area contributed by atoms with E-state index in [2.05, 4.69) is 4.98 Å². The van der Waals surface area contributed by atoms with Gasteiger partial charge in [0, 0.05) is 31.1 Å². The lowest BCUT2D eigenvalue weighted by Gasteiger charge is -2.26. The maximum absolute atomic E-state index is 12.2. The molecule has 0 aliphatic rings. The van der Waals surface area contributed by atoms with Crippen LogP contribution in [0.2, 0.25) is 0 Å². The number of anilines is 1. The highest BCUT2D eigenvalue weighted by Crippen LogP contribution is 2.09. The first-order valence-electron chi connectivity index (χ1n) is 5.69. The van der Waals surface area contributed by atoms with E-state index in [9.17, 15) is 4.79 Å². The van der Waals surface area contributed by atoms with Crippen molar-refractivity contribution < 1.29 is 9.90 Å². The Hall–Kier alpha value is -1.62. The Kier molecular flexibility index (Phi) is 4.90. The fourth-order valence-corrected chi connectivity index (χ4v) is 1.55. The monoisotopic (exact) mass is 237 g/mol. The molecule has 1 rings (SSSR count). The van der Waals surface area contributed by atoms with Crippen LogP contribution in [-0.2, 0) is 0 Å². The molecule has 0 aromatic carbocycles. The number of amides is 1. The highest BCUT2D eigenvalue weighted by molar-refractivity contribution is 5.93. The van der Waals surface area contributed by atoms with Crippen molar-refractivity contribution in [2.24, 2.45) is 0 Å².